The van der Waals surface area contributed by atoms with E-state index >= 15 is 0 Å². The largest absolute Gasteiger partial charge is 0.481 e. The van der Waals surface area contributed by atoms with Gasteiger partial charge in [-0.15, -0.1) is 0 Å². The first-order valence-corrected chi connectivity index (χ1v) is 6.08. The van der Waals surface area contributed by atoms with Gasteiger partial charge >= 0.3 is 5.97 Å². The normalized spacial score (nSPS) is 15.1. The van der Waals surface area contributed by atoms with Gasteiger partial charge in [0.05, 0.1) is 18.3 Å². The van der Waals surface area contributed by atoms with E-state index < -0.39 is 11.4 Å². The number of carbonyl (C=O) groups is 1. The lowest BCUT2D eigenvalue weighted by atomic mass is 9.85. The molecule has 2 rings (SSSR count). The van der Waals surface area contributed by atoms with E-state index in [2.05, 4.69) is 9.89 Å². The number of carboxylic acid groups (broad SMARTS) is 1. The van der Waals surface area contributed by atoms with Crippen molar-refractivity contribution in [1.29, 1.82) is 0 Å². The Hall–Kier alpha value is -1.84. The molecule has 0 unspecified atom stereocenters. The molecule has 0 saturated heterocycles. The highest BCUT2D eigenvalue weighted by Crippen LogP contribution is 2.29. The second kappa shape index (κ2) is 4.80. The first kappa shape index (κ1) is 12.6. The lowest BCUT2D eigenvalue weighted by Crippen LogP contribution is -2.28. The van der Waals surface area contributed by atoms with Gasteiger partial charge in [0.15, 0.2) is 0 Å². The first-order chi connectivity index (χ1) is 8.50. The van der Waals surface area contributed by atoms with E-state index in [1.807, 2.05) is 30.6 Å². The fourth-order valence-electron chi connectivity index (χ4n) is 2.05. The van der Waals surface area contributed by atoms with E-state index in [1.54, 1.807) is 13.8 Å². The second-order valence-corrected chi connectivity index (χ2v) is 5.21. The van der Waals surface area contributed by atoms with Crippen LogP contribution in [0.5, 0.6) is 0 Å². The van der Waals surface area contributed by atoms with Crippen molar-refractivity contribution >= 4 is 18.0 Å². The van der Waals surface area contributed by atoms with E-state index in [-0.39, 0.29) is 0 Å². The number of anilines is 1. The highest BCUT2D eigenvalue weighted by molar-refractivity contribution is 5.83. The molecule has 1 aromatic carbocycles. The SMILES string of the molecule is CC(C)(Cc1ccccc1N1C=NCC1)C(=O)O. The Morgan fingerprint density at radius 1 is 1.44 bits per heavy atom. The van der Waals surface area contributed by atoms with Crippen LogP contribution in [0.15, 0.2) is 29.3 Å². The maximum atomic E-state index is 11.2. The van der Waals surface area contributed by atoms with Crippen molar-refractivity contribution in [1.82, 2.24) is 0 Å². The minimum atomic E-state index is -0.771. The van der Waals surface area contributed by atoms with Gasteiger partial charge < -0.3 is 10.0 Å². The minimum Gasteiger partial charge on any atom is -0.481 e. The van der Waals surface area contributed by atoms with Crippen LogP contribution >= 0.6 is 0 Å². The summed E-state index contributed by atoms with van der Waals surface area (Å²) in [5.41, 5.74) is 1.36. The molecule has 0 amide bonds. The van der Waals surface area contributed by atoms with Crippen LogP contribution in [0.1, 0.15) is 19.4 Å². The fraction of sp³-hybridized carbons (Fsp3) is 0.429. The number of hydrogen-bond donors (Lipinski definition) is 1. The van der Waals surface area contributed by atoms with Crippen molar-refractivity contribution < 1.29 is 9.90 Å². The summed E-state index contributed by atoms with van der Waals surface area (Å²) in [5, 5.41) is 9.22. The molecule has 1 aromatic rings. The van der Waals surface area contributed by atoms with Crippen LogP contribution in [0.25, 0.3) is 0 Å². The first-order valence-electron chi connectivity index (χ1n) is 6.08. The van der Waals surface area contributed by atoms with Gasteiger partial charge in [0, 0.05) is 12.2 Å². The Morgan fingerprint density at radius 2 is 2.17 bits per heavy atom. The number of aliphatic imine (C=N–C) groups is 1. The van der Waals surface area contributed by atoms with Gasteiger partial charge in [-0.3, -0.25) is 9.79 Å². The molecule has 0 bridgehead atoms. The average Bonchev–Trinajstić information content (AvgIpc) is 2.82. The van der Waals surface area contributed by atoms with E-state index in [9.17, 15) is 9.90 Å². The van der Waals surface area contributed by atoms with Crippen LogP contribution in [0, 0.1) is 5.41 Å². The van der Waals surface area contributed by atoms with Gasteiger partial charge in [-0.2, -0.15) is 0 Å². The number of benzene rings is 1. The zero-order valence-electron chi connectivity index (χ0n) is 10.8. The van der Waals surface area contributed by atoms with Crippen LogP contribution in [-0.2, 0) is 11.2 Å². The molecule has 4 nitrogen and oxygen atoms in total. The Labute approximate surface area is 107 Å². The molecule has 1 aliphatic heterocycles. The summed E-state index contributed by atoms with van der Waals surface area (Å²) in [4.78, 5) is 17.5. The number of hydrogen-bond acceptors (Lipinski definition) is 3. The average molecular weight is 246 g/mol. The molecule has 0 saturated carbocycles. The molecule has 1 aliphatic rings. The summed E-state index contributed by atoms with van der Waals surface area (Å²) in [5.74, 6) is -0.771. The summed E-state index contributed by atoms with van der Waals surface area (Å²) in [6.07, 6.45) is 2.34. The highest BCUT2D eigenvalue weighted by Gasteiger charge is 2.29. The summed E-state index contributed by atoms with van der Waals surface area (Å²) < 4.78 is 0. The summed E-state index contributed by atoms with van der Waals surface area (Å²) in [6.45, 7) is 5.18. The quantitative estimate of drug-likeness (QED) is 0.886. The summed E-state index contributed by atoms with van der Waals surface area (Å²) >= 11 is 0. The van der Waals surface area contributed by atoms with Gasteiger partial charge in [-0.25, -0.2) is 0 Å². The monoisotopic (exact) mass is 246 g/mol. The lowest BCUT2D eigenvalue weighted by molar-refractivity contribution is -0.146. The van der Waals surface area contributed by atoms with E-state index in [1.165, 1.54) is 0 Å². The Morgan fingerprint density at radius 3 is 2.78 bits per heavy atom. The van der Waals surface area contributed by atoms with Gasteiger partial charge in [-0.1, -0.05) is 18.2 Å². The third kappa shape index (κ3) is 2.53. The van der Waals surface area contributed by atoms with Gasteiger partial charge in [0.25, 0.3) is 0 Å². The van der Waals surface area contributed by atoms with Crippen molar-refractivity contribution in [2.45, 2.75) is 20.3 Å². The molecule has 1 heterocycles. The van der Waals surface area contributed by atoms with E-state index in [0.717, 1.165) is 24.3 Å². The standard InChI is InChI=1S/C14H18N2O2/c1-14(2,13(17)18)9-11-5-3-4-6-12(11)16-8-7-15-10-16/h3-6,10H,7-9H2,1-2H3,(H,17,18). The lowest BCUT2D eigenvalue weighted by Gasteiger charge is -2.24. The molecule has 0 fully saturated rings. The second-order valence-electron chi connectivity index (χ2n) is 5.21. The maximum absolute atomic E-state index is 11.2. The predicted octanol–water partition coefficient (Wildman–Crippen LogP) is 2.19. The smallest absolute Gasteiger partial charge is 0.309 e. The maximum Gasteiger partial charge on any atom is 0.309 e. The van der Waals surface area contributed by atoms with Gasteiger partial charge in [0.2, 0.25) is 0 Å². The summed E-state index contributed by atoms with van der Waals surface area (Å²) in [7, 11) is 0. The number of rotatable bonds is 4. The minimum absolute atomic E-state index is 0.517. The molecule has 18 heavy (non-hydrogen) atoms. The van der Waals surface area contributed by atoms with Crippen molar-refractivity contribution in [2.75, 3.05) is 18.0 Å². The van der Waals surface area contributed by atoms with Crippen LogP contribution in [0.2, 0.25) is 0 Å². The number of carboxylic acids is 1. The highest BCUT2D eigenvalue weighted by atomic mass is 16.4. The third-order valence-corrected chi connectivity index (χ3v) is 3.20. The fourth-order valence-corrected chi connectivity index (χ4v) is 2.05. The van der Waals surface area contributed by atoms with Crippen molar-refractivity contribution in [2.24, 2.45) is 10.4 Å². The van der Waals surface area contributed by atoms with Crippen molar-refractivity contribution in [3.05, 3.63) is 29.8 Å². The molecule has 0 atom stereocenters. The predicted molar refractivity (Wildman–Crippen MR) is 72.3 cm³/mol. The van der Waals surface area contributed by atoms with Crippen molar-refractivity contribution in [3.8, 4) is 0 Å². The molecule has 1 N–H and O–H groups in total. The number of para-hydroxylation sites is 1. The van der Waals surface area contributed by atoms with Gasteiger partial charge in [0.1, 0.15) is 0 Å². The molecule has 0 aliphatic carbocycles. The molecule has 96 valence electrons. The molecular formula is C14H18N2O2. The number of nitrogens with zero attached hydrogens (tertiary/aromatic N) is 2. The topological polar surface area (TPSA) is 52.9 Å². The van der Waals surface area contributed by atoms with Crippen LogP contribution in [0.4, 0.5) is 5.69 Å². The van der Waals surface area contributed by atoms with Crippen LogP contribution in [-0.4, -0.2) is 30.5 Å². The van der Waals surface area contributed by atoms with Gasteiger partial charge in [-0.05, 0) is 31.9 Å². The van der Waals surface area contributed by atoms with Crippen LogP contribution < -0.4 is 4.90 Å². The molecular weight excluding hydrogens is 228 g/mol. The van der Waals surface area contributed by atoms with Crippen LogP contribution in [0.3, 0.4) is 0 Å². The molecule has 0 aromatic heterocycles. The number of aliphatic carboxylic acids is 1. The Bertz CT molecular complexity index is 480. The molecule has 0 spiro atoms. The molecule has 0 radical (unpaired) electrons. The van der Waals surface area contributed by atoms with Crippen molar-refractivity contribution in [3.63, 3.8) is 0 Å². The Kier molecular flexibility index (Phi) is 3.36. The zero-order valence-corrected chi connectivity index (χ0v) is 10.8. The third-order valence-electron chi connectivity index (χ3n) is 3.20. The van der Waals surface area contributed by atoms with E-state index in [4.69, 9.17) is 0 Å². The summed E-state index contributed by atoms with van der Waals surface area (Å²) in [6, 6.07) is 7.93. The zero-order chi connectivity index (χ0) is 13.2. The molecule has 4 heteroatoms. The Balaban J connectivity index is 2.28. The van der Waals surface area contributed by atoms with E-state index in [0.29, 0.717) is 6.42 Å².